The van der Waals surface area contributed by atoms with E-state index in [0.717, 1.165) is 24.5 Å². The number of nitrogens with zero attached hydrogens (tertiary/aromatic N) is 1. The van der Waals surface area contributed by atoms with Gasteiger partial charge in [0, 0.05) is 36.4 Å². The molecule has 1 saturated heterocycles. The molecule has 110 valence electrons. The third-order valence-electron chi connectivity index (χ3n) is 3.50. The van der Waals surface area contributed by atoms with Crippen molar-refractivity contribution in [2.75, 3.05) is 18.9 Å². The van der Waals surface area contributed by atoms with Crippen LogP contribution in [-0.2, 0) is 9.53 Å². The Morgan fingerprint density at radius 1 is 1.50 bits per heavy atom. The first-order chi connectivity index (χ1) is 9.66. The second kappa shape index (κ2) is 7.64. The first kappa shape index (κ1) is 15.3. The van der Waals surface area contributed by atoms with Crippen molar-refractivity contribution in [3.8, 4) is 0 Å². The number of amides is 1. The topological polar surface area (TPSA) is 51.2 Å². The fourth-order valence-corrected chi connectivity index (χ4v) is 3.20. The highest BCUT2D eigenvalue weighted by Gasteiger charge is 2.30. The molecule has 2 unspecified atom stereocenters. The van der Waals surface area contributed by atoms with Gasteiger partial charge in [0.25, 0.3) is 0 Å². The first-order valence-electron chi connectivity index (χ1n) is 7.08. The average molecular weight is 294 g/mol. The lowest BCUT2D eigenvalue weighted by Gasteiger charge is -2.22. The quantitative estimate of drug-likeness (QED) is 0.818. The van der Waals surface area contributed by atoms with E-state index in [0.29, 0.717) is 17.6 Å². The Balaban J connectivity index is 1.70. The Bertz CT molecular complexity index is 425. The molecule has 0 aromatic carbocycles. The summed E-state index contributed by atoms with van der Waals surface area (Å²) in [6.45, 7) is 5.88. The van der Waals surface area contributed by atoms with Crippen LogP contribution >= 0.6 is 11.8 Å². The number of hydrogen-bond donors (Lipinski definition) is 1. The van der Waals surface area contributed by atoms with Gasteiger partial charge in [0.1, 0.15) is 0 Å². The summed E-state index contributed by atoms with van der Waals surface area (Å²) in [5.74, 6) is 1.49. The Hall–Kier alpha value is -1.07. The lowest BCUT2D eigenvalue weighted by atomic mass is 9.93. The van der Waals surface area contributed by atoms with Crippen molar-refractivity contribution in [1.29, 1.82) is 0 Å². The summed E-state index contributed by atoms with van der Waals surface area (Å²) in [6, 6.07) is 3.83. The van der Waals surface area contributed by atoms with Crippen LogP contribution in [0.4, 0.5) is 0 Å². The molecule has 0 saturated carbocycles. The summed E-state index contributed by atoms with van der Waals surface area (Å²) in [5.41, 5.74) is 0. The van der Waals surface area contributed by atoms with E-state index in [-0.39, 0.29) is 12.0 Å². The summed E-state index contributed by atoms with van der Waals surface area (Å²) < 4.78 is 5.73. The van der Waals surface area contributed by atoms with Crippen LogP contribution in [0, 0.1) is 11.8 Å². The average Bonchev–Trinajstić information content (AvgIpc) is 2.92. The van der Waals surface area contributed by atoms with Gasteiger partial charge in [-0.1, -0.05) is 13.8 Å². The summed E-state index contributed by atoms with van der Waals surface area (Å²) >= 11 is 1.53. The SMILES string of the molecule is CC(C)C1OCCC1CNC(=O)CSc1ccncc1. The minimum Gasteiger partial charge on any atom is -0.378 e. The molecular weight excluding hydrogens is 272 g/mol. The monoisotopic (exact) mass is 294 g/mol. The van der Waals surface area contributed by atoms with E-state index in [9.17, 15) is 4.79 Å². The van der Waals surface area contributed by atoms with Gasteiger partial charge in [0.15, 0.2) is 0 Å². The molecule has 1 aliphatic rings. The second-order valence-corrected chi connectivity index (χ2v) is 6.45. The van der Waals surface area contributed by atoms with Crippen LogP contribution in [0.3, 0.4) is 0 Å². The zero-order valence-electron chi connectivity index (χ0n) is 12.0. The van der Waals surface area contributed by atoms with Crippen LogP contribution in [0.1, 0.15) is 20.3 Å². The largest absolute Gasteiger partial charge is 0.378 e. The zero-order valence-corrected chi connectivity index (χ0v) is 12.9. The standard InChI is InChI=1S/C15H22N2O2S/c1-11(2)15-12(5-8-19-15)9-17-14(18)10-20-13-3-6-16-7-4-13/h3-4,6-7,11-12,15H,5,8-10H2,1-2H3,(H,17,18). The number of ether oxygens (including phenoxy) is 1. The molecule has 1 amide bonds. The maximum atomic E-state index is 11.9. The number of carbonyl (C=O) groups is 1. The Kier molecular flexibility index (Phi) is 5.86. The molecule has 2 rings (SSSR count). The van der Waals surface area contributed by atoms with Gasteiger partial charge in [0.2, 0.25) is 5.91 Å². The van der Waals surface area contributed by atoms with Crippen molar-refractivity contribution in [3.63, 3.8) is 0 Å². The van der Waals surface area contributed by atoms with Gasteiger partial charge >= 0.3 is 0 Å². The summed E-state index contributed by atoms with van der Waals surface area (Å²) in [4.78, 5) is 16.9. The minimum absolute atomic E-state index is 0.0845. The molecule has 1 aromatic rings. The number of carbonyl (C=O) groups excluding carboxylic acids is 1. The molecule has 0 aliphatic carbocycles. The number of pyridine rings is 1. The van der Waals surface area contributed by atoms with Gasteiger partial charge < -0.3 is 10.1 Å². The van der Waals surface area contributed by atoms with Crippen molar-refractivity contribution < 1.29 is 9.53 Å². The Morgan fingerprint density at radius 3 is 2.95 bits per heavy atom. The van der Waals surface area contributed by atoms with Crippen molar-refractivity contribution >= 4 is 17.7 Å². The van der Waals surface area contributed by atoms with E-state index in [2.05, 4.69) is 24.1 Å². The number of hydrogen-bond acceptors (Lipinski definition) is 4. The van der Waals surface area contributed by atoms with Crippen molar-refractivity contribution in [2.45, 2.75) is 31.3 Å². The number of aromatic nitrogens is 1. The molecule has 5 heteroatoms. The molecule has 20 heavy (non-hydrogen) atoms. The summed E-state index contributed by atoms with van der Waals surface area (Å²) in [7, 11) is 0. The predicted octanol–water partition coefficient (Wildman–Crippen LogP) is 2.35. The third kappa shape index (κ3) is 4.49. The normalized spacial score (nSPS) is 22.1. The van der Waals surface area contributed by atoms with E-state index >= 15 is 0 Å². The summed E-state index contributed by atoms with van der Waals surface area (Å²) in [5, 5.41) is 3.02. The van der Waals surface area contributed by atoms with Crippen LogP contribution in [0.2, 0.25) is 0 Å². The molecule has 4 nitrogen and oxygen atoms in total. The minimum atomic E-state index is 0.0845. The molecule has 0 bridgehead atoms. The highest BCUT2D eigenvalue weighted by atomic mass is 32.2. The van der Waals surface area contributed by atoms with Crippen LogP contribution in [-0.4, -0.2) is 35.9 Å². The molecule has 1 N–H and O–H groups in total. The maximum Gasteiger partial charge on any atom is 0.230 e. The smallest absolute Gasteiger partial charge is 0.230 e. The number of rotatable bonds is 6. The van der Waals surface area contributed by atoms with Crippen molar-refractivity contribution in [2.24, 2.45) is 11.8 Å². The Labute approximate surface area is 124 Å². The molecule has 0 spiro atoms. The number of nitrogens with one attached hydrogen (secondary N) is 1. The highest BCUT2D eigenvalue weighted by Crippen LogP contribution is 2.26. The van der Waals surface area contributed by atoms with E-state index in [1.54, 1.807) is 12.4 Å². The van der Waals surface area contributed by atoms with Gasteiger partial charge in [-0.15, -0.1) is 11.8 Å². The van der Waals surface area contributed by atoms with Crippen LogP contribution < -0.4 is 5.32 Å². The Morgan fingerprint density at radius 2 is 2.25 bits per heavy atom. The van der Waals surface area contributed by atoms with E-state index in [4.69, 9.17) is 4.74 Å². The van der Waals surface area contributed by atoms with Gasteiger partial charge in [-0.3, -0.25) is 9.78 Å². The van der Waals surface area contributed by atoms with E-state index < -0.39 is 0 Å². The fraction of sp³-hybridized carbons (Fsp3) is 0.600. The van der Waals surface area contributed by atoms with Crippen LogP contribution in [0.15, 0.2) is 29.4 Å². The molecule has 1 fully saturated rings. The lowest BCUT2D eigenvalue weighted by molar-refractivity contribution is -0.118. The second-order valence-electron chi connectivity index (χ2n) is 5.40. The molecule has 2 heterocycles. The molecule has 1 aliphatic heterocycles. The zero-order chi connectivity index (χ0) is 14.4. The van der Waals surface area contributed by atoms with Crippen LogP contribution in [0.25, 0.3) is 0 Å². The van der Waals surface area contributed by atoms with Crippen molar-refractivity contribution in [1.82, 2.24) is 10.3 Å². The first-order valence-corrected chi connectivity index (χ1v) is 8.06. The van der Waals surface area contributed by atoms with Gasteiger partial charge in [-0.2, -0.15) is 0 Å². The summed E-state index contributed by atoms with van der Waals surface area (Å²) in [6.07, 6.45) is 4.80. The highest BCUT2D eigenvalue weighted by molar-refractivity contribution is 8.00. The van der Waals surface area contributed by atoms with Crippen LogP contribution in [0.5, 0.6) is 0 Å². The maximum absolute atomic E-state index is 11.9. The number of thioether (sulfide) groups is 1. The molecule has 2 atom stereocenters. The lowest BCUT2D eigenvalue weighted by Crippen LogP contribution is -2.35. The molecule has 0 radical (unpaired) electrons. The molecular formula is C15H22N2O2S. The van der Waals surface area contributed by atoms with E-state index in [1.165, 1.54) is 11.8 Å². The van der Waals surface area contributed by atoms with E-state index in [1.807, 2.05) is 12.1 Å². The third-order valence-corrected chi connectivity index (χ3v) is 4.51. The van der Waals surface area contributed by atoms with Gasteiger partial charge in [-0.05, 0) is 24.5 Å². The fourth-order valence-electron chi connectivity index (χ4n) is 2.49. The molecule has 1 aromatic heterocycles. The predicted molar refractivity (Wildman–Crippen MR) is 80.7 cm³/mol. The van der Waals surface area contributed by atoms with Gasteiger partial charge in [0.05, 0.1) is 11.9 Å². The van der Waals surface area contributed by atoms with Crippen molar-refractivity contribution in [3.05, 3.63) is 24.5 Å². The van der Waals surface area contributed by atoms with Gasteiger partial charge in [-0.25, -0.2) is 0 Å².